The van der Waals surface area contributed by atoms with Crippen molar-refractivity contribution in [3.8, 4) is 0 Å². The van der Waals surface area contributed by atoms with Crippen LogP contribution >= 0.6 is 0 Å². The number of hydrogen-bond donors (Lipinski definition) is 2. The topological polar surface area (TPSA) is 64.1 Å². The van der Waals surface area contributed by atoms with E-state index in [4.69, 9.17) is 10.2 Å². The lowest BCUT2D eigenvalue weighted by Crippen LogP contribution is -2.35. The molecule has 1 saturated carbocycles. The summed E-state index contributed by atoms with van der Waals surface area (Å²) in [4.78, 5) is 4.28. The maximum atomic E-state index is 6.01. The third kappa shape index (κ3) is 2.33. The third-order valence-corrected chi connectivity index (χ3v) is 3.26. The average molecular weight is 231 g/mol. The minimum Gasteiger partial charge on any atom is -0.441 e. The van der Waals surface area contributed by atoms with E-state index in [0.29, 0.717) is 5.89 Å². The Morgan fingerprint density at radius 2 is 2.29 bits per heavy atom. The minimum atomic E-state index is 0.0624. The molecule has 0 aliphatic heterocycles. The number of fused-ring (bicyclic) bond motifs is 1. The molecule has 4 nitrogen and oxygen atoms in total. The highest BCUT2D eigenvalue weighted by atomic mass is 16.3. The Kier molecular flexibility index (Phi) is 2.42. The lowest BCUT2D eigenvalue weighted by Gasteiger charge is -2.09. The monoisotopic (exact) mass is 231 g/mol. The van der Waals surface area contributed by atoms with Crippen molar-refractivity contribution in [3.63, 3.8) is 0 Å². The second kappa shape index (κ2) is 3.82. The van der Waals surface area contributed by atoms with Crippen LogP contribution < -0.4 is 11.1 Å². The lowest BCUT2D eigenvalue weighted by atomic mass is 10.2. The van der Waals surface area contributed by atoms with Gasteiger partial charge in [0, 0.05) is 25.6 Å². The quantitative estimate of drug-likeness (QED) is 0.841. The summed E-state index contributed by atoms with van der Waals surface area (Å²) in [6.07, 6.45) is 2.28. The molecule has 0 bridgehead atoms. The van der Waals surface area contributed by atoms with Crippen LogP contribution in [0.15, 0.2) is 22.6 Å². The molecule has 0 saturated heterocycles. The second-order valence-electron chi connectivity index (χ2n) is 5.00. The summed E-state index contributed by atoms with van der Waals surface area (Å²) in [5.74, 6) is 0.712. The first-order valence-corrected chi connectivity index (χ1v) is 6.00. The molecule has 0 amide bonds. The first-order valence-electron chi connectivity index (χ1n) is 6.00. The van der Waals surface area contributed by atoms with Gasteiger partial charge in [-0.1, -0.05) is 6.07 Å². The Morgan fingerprint density at radius 1 is 1.47 bits per heavy atom. The van der Waals surface area contributed by atoms with Crippen LogP contribution in [-0.4, -0.2) is 17.1 Å². The van der Waals surface area contributed by atoms with Gasteiger partial charge < -0.3 is 15.5 Å². The van der Waals surface area contributed by atoms with E-state index < -0.39 is 0 Å². The van der Waals surface area contributed by atoms with Crippen molar-refractivity contribution < 1.29 is 4.42 Å². The van der Waals surface area contributed by atoms with Crippen LogP contribution in [0.5, 0.6) is 0 Å². The lowest BCUT2D eigenvalue weighted by molar-refractivity contribution is 0.557. The maximum Gasteiger partial charge on any atom is 0.192 e. The zero-order chi connectivity index (χ0) is 11.9. The van der Waals surface area contributed by atoms with E-state index in [1.165, 1.54) is 5.56 Å². The first kappa shape index (κ1) is 10.7. The Labute approximate surface area is 100 Å². The molecule has 0 spiro atoms. The first-order chi connectivity index (χ1) is 8.15. The molecule has 3 N–H and O–H groups in total. The van der Waals surface area contributed by atoms with E-state index in [1.54, 1.807) is 0 Å². The number of nitrogens with zero attached hydrogens (tertiary/aromatic N) is 1. The molecule has 4 heteroatoms. The van der Waals surface area contributed by atoms with Gasteiger partial charge in [0.25, 0.3) is 0 Å². The Bertz CT molecular complexity index is 543. The molecule has 1 aromatic carbocycles. The van der Waals surface area contributed by atoms with Crippen molar-refractivity contribution >= 4 is 11.1 Å². The van der Waals surface area contributed by atoms with Crippen LogP contribution in [0.2, 0.25) is 0 Å². The van der Waals surface area contributed by atoms with Crippen LogP contribution in [0.25, 0.3) is 11.1 Å². The second-order valence-corrected chi connectivity index (χ2v) is 5.00. The number of aromatic nitrogens is 1. The molecule has 0 unspecified atom stereocenters. The van der Waals surface area contributed by atoms with Gasteiger partial charge in [0.15, 0.2) is 11.5 Å². The van der Waals surface area contributed by atoms with Gasteiger partial charge in [0.2, 0.25) is 0 Å². The van der Waals surface area contributed by atoms with E-state index in [2.05, 4.69) is 16.4 Å². The molecule has 17 heavy (non-hydrogen) atoms. The predicted octanol–water partition coefficient (Wildman–Crippen LogP) is 1.72. The molecule has 0 atom stereocenters. The zero-order valence-electron chi connectivity index (χ0n) is 9.99. The van der Waals surface area contributed by atoms with Crippen LogP contribution in [-0.2, 0) is 6.54 Å². The maximum absolute atomic E-state index is 6.01. The molecule has 3 rings (SSSR count). The number of nitrogens with one attached hydrogen (secondary N) is 1. The van der Waals surface area contributed by atoms with Crippen LogP contribution in [0.4, 0.5) is 0 Å². The molecular formula is C13H17N3O. The van der Waals surface area contributed by atoms with E-state index in [9.17, 15) is 0 Å². The van der Waals surface area contributed by atoms with Gasteiger partial charge >= 0.3 is 0 Å². The van der Waals surface area contributed by atoms with Crippen LogP contribution in [0.3, 0.4) is 0 Å². The Morgan fingerprint density at radius 3 is 3.06 bits per heavy atom. The third-order valence-electron chi connectivity index (χ3n) is 3.26. The van der Waals surface area contributed by atoms with Crippen molar-refractivity contribution in [1.82, 2.24) is 10.3 Å². The normalized spacial score (nSPS) is 17.5. The summed E-state index contributed by atoms with van der Waals surface area (Å²) in [6, 6.07) is 6.12. The average Bonchev–Trinajstić information content (AvgIpc) is 2.89. The highest BCUT2D eigenvalue weighted by Crippen LogP contribution is 2.31. The van der Waals surface area contributed by atoms with E-state index in [0.717, 1.165) is 37.0 Å². The number of rotatable bonds is 4. The number of aryl methyl sites for hydroxylation is 1. The highest BCUT2D eigenvalue weighted by molar-refractivity contribution is 5.73. The summed E-state index contributed by atoms with van der Waals surface area (Å²) in [6.45, 7) is 3.58. The predicted molar refractivity (Wildman–Crippen MR) is 66.6 cm³/mol. The van der Waals surface area contributed by atoms with Crippen molar-refractivity contribution in [2.24, 2.45) is 5.73 Å². The molecule has 90 valence electrons. The van der Waals surface area contributed by atoms with E-state index in [-0.39, 0.29) is 5.54 Å². The molecule has 1 aliphatic carbocycles. The molecule has 0 radical (unpaired) electrons. The van der Waals surface area contributed by atoms with Gasteiger partial charge in [-0.05, 0) is 30.5 Å². The minimum absolute atomic E-state index is 0.0624. The fourth-order valence-corrected chi connectivity index (χ4v) is 1.99. The zero-order valence-corrected chi connectivity index (χ0v) is 9.99. The van der Waals surface area contributed by atoms with E-state index in [1.807, 2.05) is 19.1 Å². The molecule has 1 aromatic heterocycles. The van der Waals surface area contributed by atoms with E-state index >= 15 is 0 Å². The molecule has 1 fully saturated rings. The van der Waals surface area contributed by atoms with Crippen LogP contribution in [0, 0.1) is 6.92 Å². The highest BCUT2D eigenvalue weighted by Gasteiger charge is 2.37. The van der Waals surface area contributed by atoms with Crippen molar-refractivity contribution in [1.29, 1.82) is 0 Å². The van der Waals surface area contributed by atoms with Gasteiger partial charge in [-0.25, -0.2) is 4.98 Å². The Hall–Kier alpha value is -1.39. The summed E-state index contributed by atoms with van der Waals surface area (Å²) >= 11 is 0. The van der Waals surface area contributed by atoms with Crippen molar-refractivity contribution in [2.45, 2.75) is 31.8 Å². The molecule has 1 heterocycles. The number of oxazole rings is 1. The Balaban J connectivity index is 1.67. The van der Waals surface area contributed by atoms with Gasteiger partial charge in [-0.15, -0.1) is 0 Å². The number of benzene rings is 1. The van der Waals surface area contributed by atoms with Crippen molar-refractivity contribution in [3.05, 3.63) is 29.7 Å². The summed E-state index contributed by atoms with van der Waals surface area (Å²) in [5, 5.41) is 3.39. The summed E-state index contributed by atoms with van der Waals surface area (Å²) in [5.41, 5.74) is 9.06. The summed E-state index contributed by atoms with van der Waals surface area (Å²) in [7, 11) is 0. The largest absolute Gasteiger partial charge is 0.441 e. The SMILES string of the molecule is Cc1nc2ccc(CNCC3(N)CC3)cc2o1. The van der Waals surface area contributed by atoms with Crippen molar-refractivity contribution in [2.75, 3.05) is 6.54 Å². The molecule has 2 aromatic rings. The van der Waals surface area contributed by atoms with Gasteiger partial charge in [-0.3, -0.25) is 0 Å². The van der Waals surface area contributed by atoms with Gasteiger partial charge in [-0.2, -0.15) is 0 Å². The summed E-state index contributed by atoms with van der Waals surface area (Å²) < 4.78 is 5.50. The van der Waals surface area contributed by atoms with Gasteiger partial charge in [0.05, 0.1) is 0 Å². The molecular weight excluding hydrogens is 214 g/mol. The molecule has 1 aliphatic rings. The number of nitrogens with two attached hydrogens (primary N) is 1. The number of hydrogen-bond acceptors (Lipinski definition) is 4. The van der Waals surface area contributed by atoms with Crippen LogP contribution in [0.1, 0.15) is 24.3 Å². The fraction of sp³-hybridized carbons (Fsp3) is 0.462. The van der Waals surface area contributed by atoms with Gasteiger partial charge in [0.1, 0.15) is 5.52 Å². The fourth-order valence-electron chi connectivity index (χ4n) is 1.99. The smallest absolute Gasteiger partial charge is 0.192 e. The standard InChI is InChI=1S/C13H17N3O/c1-9-16-11-3-2-10(6-12(11)17-9)7-15-8-13(14)4-5-13/h2-3,6,15H,4-5,7-8,14H2,1H3.